The lowest BCUT2D eigenvalue weighted by Crippen LogP contribution is -2.42. The minimum Gasteiger partial charge on any atom is -0.335 e. The number of hydrogen-bond acceptors (Lipinski definition) is 1. The number of rotatable bonds is 2. The Labute approximate surface area is 115 Å². The molecule has 2 nitrogen and oxygen atoms in total. The Morgan fingerprint density at radius 1 is 1.26 bits per heavy atom. The molecule has 0 radical (unpaired) electrons. The molecule has 1 unspecified atom stereocenters. The Bertz CT molecular complexity index is 465. The third-order valence-electron chi connectivity index (χ3n) is 5.10. The van der Waals surface area contributed by atoms with E-state index in [4.69, 9.17) is 0 Å². The van der Waals surface area contributed by atoms with Crippen LogP contribution in [0.3, 0.4) is 0 Å². The number of carbonyl (C=O) groups is 1. The van der Waals surface area contributed by atoms with E-state index in [1.165, 1.54) is 24.8 Å². The number of amides is 1. The van der Waals surface area contributed by atoms with E-state index in [1.54, 1.807) is 0 Å². The molecular formula is C17H23NO. The summed E-state index contributed by atoms with van der Waals surface area (Å²) in [5, 5.41) is 0. The summed E-state index contributed by atoms with van der Waals surface area (Å²) < 4.78 is 0. The number of hydrogen-bond donors (Lipinski definition) is 0. The van der Waals surface area contributed by atoms with Gasteiger partial charge in [0.05, 0.1) is 0 Å². The maximum absolute atomic E-state index is 12.4. The van der Waals surface area contributed by atoms with Gasteiger partial charge in [-0.1, -0.05) is 50.6 Å². The monoisotopic (exact) mass is 257 g/mol. The summed E-state index contributed by atoms with van der Waals surface area (Å²) in [6.45, 7) is 5.46. The van der Waals surface area contributed by atoms with Gasteiger partial charge in [0.15, 0.2) is 0 Å². The van der Waals surface area contributed by atoms with Crippen LogP contribution in [0.5, 0.6) is 0 Å². The molecule has 3 rings (SSSR count). The van der Waals surface area contributed by atoms with Gasteiger partial charge >= 0.3 is 0 Å². The van der Waals surface area contributed by atoms with Crippen molar-refractivity contribution in [3.63, 3.8) is 0 Å². The molecule has 2 heteroatoms. The normalized spacial score (nSPS) is 29.4. The van der Waals surface area contributed by atoms with Crippen molar-refractivity contribution >= 4 is 5.91 Å². The second kappa shape index (κ2) is 4.66. The van der Waals surface area contributed by atoms with E-state index >= 15 is 0 Å². The largest absolute Gasteiger partial charge is 0.335 e. The first-order valence-corrected chi connectivity index (χ1v) is 7.41. The van der Waals surface area contributed by atoms with Crippen LogP contribution in [-0.2, 0) is 11.3 Å². The molecule has 2 fully saturated rings. The van der Waals surface area contributed by atoms with Crippen LogP contribution in [0.15, 0.2) is 30.3 Å². The van der Waals surface area contributed by atoms with Gasteiger partial charge in [-0.2, -0.15) is 0 Å². The molecule has 0 spiro atoms. The van der Waals surface area contributed by atoms with Crippen molar-refractivity contribution in [1.82, 2.24) is 4.90 Å². The van der Waals surface area contributed by atoms with Crippen LogP contribution in [0.4, 0.5) is 0 Å². The van der Waals surface area contributed by atoms with E-state index in [9.17, 15) is 4.79 Å². The minimum absolute atomic E-state index is 0.323. The molecule has 1 amide bonds. The van der Waals surface area contributed by atoms with Crippen LogP contribution < -0.4 is 0 Å². The van der Waals surface area contributed by atoms with Gasteiger partial charge in [-0.15, -0.1) is 0 Å². The van der Waals surface area contributed by atoms with Gasteiger partial charge in [-0.05, 0) is 29.7 Å². The van der Waals surface area contributed by atoms with Crippen LogP contribution in [-0.4, -0.2) is 16.8 Å². The highest BCUT2D eigenvalue weighted by Crippen LogP contribution is 2.48. The number of likely N-dealkylation sites (tertiary alicyclic amines) is 1. The summed E-state index contributed by atoms with van der Waals surface area (Å²) in [6, 6.07) is 10.8. The number of fused-ring (bicyclic) bond motifs is 1. The first-order chi connectivity index (χ1) is 9.08. The zero-order chi connectivity index (χ0) is 13.5. The molecule has 0 N–H and O–H groups in total. The van der Waals surface area contributed by atoms with Crippen LogP contribution in [0.2, 0.25) is 0 Å². The maximum atomic E-state index is 12.4. The van der Waals surface area contributed by atoms with E-state index in [0.29, 0.717) is 23.3 Å². The van der Waals surface area contributed by atoms with Crippen molar-refractivity contribution in [2.75, 3.05) is 0 Å². The zero-order valence-corrected chi connectivity index (χ0v) is 11.9. The molecule has 1 saturated carbocycles. The van der Waals surface area contributed by atoms with Gasteiger partial charge in [0.25, 0.3) is 0 Å². The molecule has 0 aromatic heterocycles. The Balaban J connectivity index is 1.81. The van der Waals surface area contributed by atoms with Gasteiger partial charge in [0.1, 0.15) is 0 Å². The fraction of sp³-hybridized carbons (Fsp3) is 0.588. The first kappa shape index (κ1) is 12.7. The number of benzene rings is 1. The summed E-state index contributed by atoms with van der Waals surface area (Å²) in [5.74, 6) is 0.909. The van der Waals surface area contributed by atoms with Crippen molar-refractivity contribution in [3.8, 4) is 0 Å². The Kier molecular flexibility index (Phi) is 3.12. The van der Waals surface area contributed by atoms with E-state index in [1.807, 2.05) is 6.07 Å². The molecule has 1 aromatic carbocycles. The van der Waals surface area contributed by atoms with Crippen LogP contribution in [0, 0.1) is 11.3 Å². The standard InChI is InChI=1S/C17H23NO/c1-17(2)10-6-9-15-14(17)11-16(19)18(15)12-13-7-4-3-5-8-13/h3-5,7-8,14-15H,6,9-12H2,1-2H3/t14-,15?/m1/s1. The molecule has 2 aliphatic rings. The summed E-state index contributed by atoms with van der Waals surface area (Å²) in [6.07, 6.45) is 4.46. The zero-order valence-electron chi connectivity index (χ0n) is 11.9. The van der Waals surface area contributed by atoms with Gasteiger partial charge in [0.2, 0.25) is 5.91 Å². The van der Waals surface area contributed by atoms with Gasteiger partial charge in [0, 0.05) is 19.0 Å². The van der Waals surface area contributed by atoms with Gasteiger partial charge < -0.3 is 4.90 Å². The smallest absolute Gasteiger partial charge is 0.223 e. The fourth-order valence-electron chi connectivity index (χ4n) is 3.94. The lowest BCUT2D eigenvalue weighted by Gasteiger charge is -2.42. The molecule has 1 saturated heterocycles. The molecule has 19 heavy (non-hydrogen) atoms. The predicted molar refractivity (Wildman–Crippen MR) is 76.5 cm³/mol. The minimum atomic E-state index is 0.323. The van der Waals surface area contributed by atoms with Crippen molar-refractivity contribution in [2.24, 2.45) is 11.3 Å². The van der Waals surface area contributed by atoms with E-state index in [2.05, 4.69) is 43.0 Å². The maximum Gasteiger partial charge on any atom is 0.223 e. The number of nitrogens with zero attached hydrogens (tertiary/aromatic N) is 1. The molecule has 1 aromatic rings. The van der Waals surface area contributed by atoms with E-state index in [0.717, 1.165) is 13.0 Å². The molecule has 1 aliphatic carbocycles. The van der Waals surface area contributed by atoms with Gasteiger partial charge in [-0.3, -0.25) is 4.79 Å². The molecule has 2 atom stereocenters. The topological polar surface area (TPSA) is 20.3 Å². The third kappa shape index (κ3) is 2.29. The Hall–Kier alpha value is -1.31. The number of carbonyl (C=O) groups excluding carboxylic acids is 1. The first-order valence-electron chi connectivity index (χ1n) is 7.41. The van der Waals surface area contributed by atoms with Crippen LogP contribution in [0.1, 0.15) is 45.1 Å². The van der Waals surface area contributed by atoms with E-state index < -0.39 is 0 Å². The lowest BCUT2D eigenvalue weighted by molar-refractivity contribution is -0.129. The third-order valence-corrected chi connectivity index (χ3v) is 5.10. The Morgan fingerprint density at radius 3 is 2.74 bits per heavy atom. The average Bonchev–Trinajstić information content (AvgIpc) is 2.70. The quantitative estimate of drug-likeness (QED) is 0.792. The molecular weight excluding hydrogens is 234 g/mol. The molecule has 1 aliphatic heterocycles. The molecule has 0 bridgehead atoms. The molecule has 102 valence electrons. The highest BCUT2D eigenvalue weighted by Gasteiger charge is 2.48. The van der Waals surface area contributed by atoms with Gasteiger partial charge in [-0.25, -0.2) is 0 Å². The summed E-state index contributed by atoms with van der Waals surface area (Å²) in [5.41, 5.74) is 1.57. The highest BCUT2D eigenvalue weighted by atomic mass is 16.2. The van der Waals surface area contributed by atoms with Crippen LogP contribution >= 0.6 is 0 Å². The summed E-state index contributed by atoms with van der Waals surface area (Å²) in [7, 11) is 0. The average molecular weight is 257 g/mol. The second-order valence-electron chi connectivity index (χ2n) is 6.77. The van der Waals surface area contributed by atoms with Crippen molar-refractivity contribution in [1.29, 1.82) is 0 Å². The summed E-state index contributed by atoms with van der Waals surface area (Å²) >= 11 is 0. The lowest BCUT2D eigenvalue weighted by atomic mass is 9.66. The van der Waals surface area contributed by atoms with E-state index in [-0.39, 0.29) is 0 Å². The van der Waals surface area contributed by atoms with Crippen molar-refractivity contribution < 1.29 is 4.79 Å². The predicted octanol–water partition coefficient (Wildman–Crippen LogP) is 3.61. The second-order valence-corrected chi connectivity index (χ2v) is 6.77. The van der Waals surface area contributed by atoms with Crippen molar-refractivity contribution in [3.05, 3.63) is 35.9 Å². The SMILES string of the molecule is CC1(C)CCCC2[C@H]1CC(=O)N2Cc1ccccc1. The highest BCUT2D eigenvalue weighted by molar-refractivity contribution is 5.79. The fourth-order valence-corrected chi connectivity index (χ4v) is 3.94. The Morgan fingerprint density at radius 2 is 2.00 bits per heavy atom. The molecule has 1 heterocycles. The van der Waals surface area contributed by atoms with Crippen LogP contribution in [0.25, 0.3) is 0 Å². The summed E-state index contributed by atoms with van der Waals surface area (Å²) in [4.78, 5) is 14.5. The van der Waals surface area contributed by atoms with Crippen molar-refractivity contribution in [2.45, 2.75) is 52.1 Å².